The van der Waals surface area contributed by atoms with Crippen LogP contribution < -0.4 is 5.56 Å². The maximum absolute atomic E-state index is 13.8. The molecular formula is C27H24N4OS3. The molecule has 0 aliphatic carbocycles. The van der Waals surface area contributed by atoms with Crippen LogP contribution in [0.15, 0.2) is 83.0 Å². The van der Waals surface area contributed by atoms with E-state index in [0.717, 1.165) is 28.8 Å². The van der Waals surface area contributed by atoms with Gasteiger partial charge in [0.1, 0.15) is 4.70 Å². The zero-order chi connectivity index (χ0) is 24.4. The van der Waals surface area contributed by atoms with E-state index in [1.807, 2.05) is 45.5 Å². The second kappa shape index (κ2) is 10.3. The monoisotopic (exact) mass is 516 g/mol. The van der Waals surface area contributed by atoms with Crippen LogP contribution in [0.2, 0.25) is 0 Å². The molecule has 176 valence electrons. The fraction of sp³-hybridized carbons (Fsp3) is 0.185. The summed E-state index contributed by atoms with van der Waals surface area (Å²) in [7, 11) is 0. The quantitative estimate of drug-likeness (QED) is 0.140. The lowest BCUT2D eigenvalue weighted by Gasteiger charge is -2.15. The van der Waals surface area contributed by atoms with E-state index in [2.05, 4.69) is 43.1 Å². The summed E-state index contributed by atoms with van der Waals surface area (Å²) >= 11 is 8.67. The molecule has 0 aliphatic heterocycles. The van der Waals surface area contributed by atoms with Crippen molar-refractivity contribution >= 4 is 45.7 Å². The van der Waals surface area contributed by atoms with Crippen LogP contribution in [0, 0.1) is 17.8 Å². The van der Waals surface area contributed by atoms with Crippen LogP contribution in [0.4, 0.5) is 0 Å². The molecule has 8 heteroatoms. The highest BCUT2D eigenvalue weighted by Gasteiger charge is 2.19. The van der Waals surface area contributed by atoms with Gasteiger partial charge in [-0.2, -0.15) is 0 Å². The second-order valence-electron chi connectivity index (χ2n) is 8.33. The summed E-state index contributed by atoms with van der Waals surface area (Å²) in [5.74, 6) is 0.695. The Bertz CT molecular complexity index is 1590. The molecule has 0 amide bonds. The third-order valence-electron chi connectivity index (χ3n) is 5.91. The highest BCUT2D eigenvalue weighted by atomic mass is 32.2. The number of thiazole rings is 1. The number of nitrogens with zero attached hydrogens (tertiary/aromatic N) is 4. The first-order chi connectivity index (χ1) is 17.0. The Labute approximate surface area is 217 Å². The summed E-state index contributed by atoms with van der Waals surface area (Å²) in [6.07, 6.45) is 4.32. The molecule has 0 fully saturated rings. The normalized spacial score (nSPS) is 11.3. The van der Waals surface area contributed by atoms with Crippen molar-refractivity contribution in [2.45, 2.75) is 37.7 Å². The Morgan fingerprint density at radius 2 is 1.66 bits per heavy atom. The fourth-order valence-corrected chi connectivity index (χ4v) is 6.41. The van der Waals surface area contributed by atoms with Gasteiger partial charge >= 0.3 is 0 Å². The maximum Gasteiger partial charge on any atom is 0.273 e. The lowest BCUT2D eigenvalue weighted by Crippen LogP contribution is -2.24. The Morgan fingerprint density at radius 1 is 0.943 bits per heavy atom. The first kappa shape index (κ1) is 23.7. The van der Waals surface area contributed by atoms with Crippen molar-refractivity contribution in [3.05, 3.63) is 110 Å². The molecule has 0 atom stereocenters. The van der Waals surface area contributed by atoms with Crippen molar-refractivity contribution < 1.29 is 0 Å². The Hall–Kier alpha value is -3.07. The molecule has 5 rings (SSSR count). The van der Waals surface area contributed by atoms with E-state index in [-0.39, 0.29) is 5.56 Å². The minimum atomic E-state index is -0.0377. The Kier molecular flexibility index (Phi) is 6.95. The van der Waals surface area contributed by atoms with Crippen LogP contribution in [0.5, 0.6) is 0 Å². The van der Waals surface area contributed by atoms with Gasteiger partial charge in [0, 0.05) is 24.7 Å². The van der Waals surface area contributed by atoms with Gasteiger partial charge in [0.05, 0.1) is 5.69 Å². The topological polar surface area (TPSA) is 52.7 Å². The third kappa shape index (κ3) is 4.87. The summed E-state index contributed by atoms with van der Waals surface area (Å²) in [5.41, 5.74) is 6.11. The second-order valence-corrected chi connectivity index (χ2v) is 10.9. The Morgan fingerprint density at radius 3 is 2.37 bits per heavy atom. The Balaban J connectivity index is 1.65. The number of pyridine rings is 1. The zero-order valence-electron chi connectivity index (χ0n) is 19.5. The molecule has 0 N–H and O–H groups in total. The number of hydrogen-bond donors (Lipinski definition) is 0. The van der Waals surface area contributed by atoms with E-state index in [4.69, 9.17) is 17.2 Å². The number of fused-ring (bicyclic) bond motifs is 1. The van der Waals surface area contributed by atoms with Gasteiger partial charge in [0.2, 0.25) is 0 Å². The highest BCUT2D eigenvalue weighted by Crippen LogP contribution is 2.30. The molecule has 0 spiro atoms. The molecule has 2 aromatic carbocycles. The number of para-hydroxylation sites is 1. The molecule has 35 heavy (non-hydrogen) atoms. The SMILES string of the molecule is Cc1cccc(C)c1-n1c(=S)sc2c(=O)n(CCc3ccccc3)c(SCc3ccncc3)nc21. The van der Waals surface area contributed by atoms with Crippen molar-refractivity contribution in [2.75, 3.05) is 0 Å². The summed E-state index contributed by atoms with van der Waals surface area (Å²) in [6, 6.07) is 20.4. The van der Waals surface area contributed by atoms with E-state index in [1.165, 1.54) is 16.9 Å². The van der Waals surface area contributed by atoms with E-state index >= 15 is 0 Å². The standard InChI is InChI=1S/C27H24N4OS3/c1-18-7-6-8-19(2)22(18)31-24-23(35-27(31)33)25(32)30(16-13-20-9-4-3-5-10-20)26(29-24)34-17-21-11-14-28-15-12-21/h3-12,14-15H,13,16-17H2,1-2H3. The molecule has 0 saturated carbocycles. The predicted molar refractivity (Wildman–Crippen MR) is 147 cm³/mol. The zero-order valence-corrected chi connectivity index (χ0v) is 21.9. The van der Waals surface area contributed by atoms with Gasteiger partial charge < -0.3 is 0 Å². The minimum Gasteiger partial charge on any atom is -0.286 e. The summed E-state index contributed by atoms with van der Waals surface area (Å²) in [6.45, 7) is 4.68. The van der Waals surface area contributed by atoms with E-state index in [9.17, 15) is 4.79 Å². The van der Waals surface area contributed by atoms with Gasteiger partial charge in [-0.05, 0) is 66.9 Å². The largest absolute Gasteiger partial charge is 0.286 e. The molecule has 5 nitrogen and oxygen atoms in total. The maximum atomic E-state index is 13.8. The van der Waals surface area contributed by atoms with Crippen LogP contribution >= 0.6 is 35.3 Å². The predicted octanol–water partition coefficient (Wildman–Crippen LogP) is 6.53. The number of aromatic nitrogens is 4. The van der Waals surface area contributed by atoms with Gasteiger partial charge in [-0.3, -0.25) is 18.9 Å². The van der Waals surface area contributed by atoms with Crippen LogP contribution in [0.3, 0.4) is 0 Å². The average Bonchev–Trinajstić information content (AvgIpc) is 3.19. The molecule has 3 aromatic heterocycles. The summed E-state index contributed by atoms with van der Waals surface area (Å²) < 4.78 is 5.01. The van der Waals surface area contributed by atoms with Crippen LogP contribution in [-0.4, -0.2) is 19.1 Å². The number of benzene rings is 2. The minimum absolute atomic E-state index is 0.0377. The molecule has 0 aliphatic rings. The third-order valence-corrected chi connectivity index (χ3v) is 8.30. The van der Waals surface area contributed by atoms with Crippen molar-refractivity contribution in [1.82, 2.24) is 19.1 Å². The number of rotatable bonds is 7. The first-order valence-corrected chi connectivity index (χ1v) is 13.5. The van der Waals surface area contributed by atoms with Gasteiger partial charge in [-0.25, -0.2) is 4.98 Å². The number of hydrogen-bond acceptors (Lipinski definition) is 6. The molecule has 5 aromatic rings. The van der Waals surface area contributed by atoms with Gasteiger partial charge in [0.15, 0.2) is 14.8 Å². The molecule has 0 saturated heterocycles. The molecule has 0 bridgehead atoms. The van der Waals surface area contributed by atoms with Crippen molar-refractivity contribution in [1.29, 1.82) is 0 Å². The average molecular weight is 517 g/mol. The lowest BCUT2D eigenvalue weighted by atomic mass is 10.1. The highest BCUT2D eigenvalue weighted by molar-refractivity contribution is 7.98. The smallest absolute Gasteiger partial charge is 0.273 e. The van der Waals surface area contributed by atoms with E-state index in [0.29, 0.717) is 31.8 Å². The number of thioether (sulfide) groups is 1. The van der Waals surface area contributed by atoms with Gasteiger partial charge in [-0.15, -0.1) is 0 Å². The first-order valence-electron chi connectivity index (χ1n) is 11.3. The van der Waals surface area contributed by atoms with Crippen molar-refractivity contribution in [3.8, 4) is 5.69 Å². The van der Waals surface area contributed by atoms with Gasteiger partial charge in [0.25, 0.3) is 5.56 Å². The van der Waals surface area contributed by atoms with Crippen molar-refractivity contribution in [3.63, 3.8) is 0 Å². The van der Waals surface area contributed by atoms with E-state index in [1.54, 1.807) is 24.2 Å². The lowest BCUT2D eigenvalue weighted by molar-refractivity contribution is 0.594. The van der Waals surface area contributed by atoms with Gasteiger partial charge in [-0.1, -0.05) is 71.6 Å². The number of aryl methyl sites for hydroxylation is 3. The van der Waals surface area contributed by atoms with Crippen LogP contribution in [-0.2, 0) is 18.7 Å². The van der Waals surface area contributed by atoms with E-state index < -0.39 is 0 Å². The van der Waals surface area contributed by atoms with Crippen LogP contribution in [0.1, 0.15) is 22.3 Å². The van der Waals surface area contributed by atoms with Crippen molar-refractivity contribution in [2.24, 2.45) is 0 Å². The van der Waals surface area contributed by atoms with Crippen LogP contribution in [0.25, 0.3) is 16.0 Å². The molecule has 0 unspecified atom stereocenters. The summed E-state index contributed by atoms with van der Waals surface area (Å²) in [5, 5.41) is 0.697. The molecular weight excluding hydrogens is 493 g/mol. The molecule has 0 radical (unpaired) electrons. The summed E-state index contributed by atoms with van der Waals surface area (Å²) in [4.78, 5) is 23.0. The molecule has 3 heterocycles. The fourth-order valence-electron chi connectivity index (χ4n) is 4.14.